The standard InChI is InChI=1S/C16H18N4S.C16H19N3O.C15H16N4.C8H8ClNO.C8H9NO2.2C7H11N3.6CH4/c1-5-21-13-7-6-11(3)18-14(13)16-19-12-8-10(2)9-17-15(12)20(16)4;1-10-7-13(16(17-4)18-9-10)8-14(20)15-11(2)5-6-12(3)19-15;1-9-7-12-14(16-8-9)19(4)15(18-12)13-10(2)5-6-11(3)17-13;1-5-3-4-6(2)10-7(5)8(9)11;1-5-3-4-6(2)9-7(5)8(10)11;2*1-5-3-6(8)7(9-2)10-4-5;;;;;;/h6-9H,5H2,1-4H3;5-7,9H,8H2,1-4H3,(H,17,18);5-8H,1-4H3;3-4H,1-2H3;3-4H,1-2H3,(H,10,11);2*3-4H,8H2,1-2H3,(H,9,10);6*1H4. The van der Waals surface area contributed by atoms with Crippen molar-refractivity contribution in [3.05, 3.63) is 223 Å². The number of hydrogen-bond donors (Lipinski definition) is 6. The van der Waals surface area contributed by atoms with Crippen molar-refractivity contribution in [2.75, 3.05) is 54.3 Å². The summed E-state index contributed by atoms with van der Waals surface area (Å²) in [6.45, 7) is 29.1. The number of pyridine rings is 10. The number of halogens is 1. The maximum atomic E-state index is 12.4. The molecule has 12 aromatic rings. The van der Waals surface area contributed by atoms with Gasteiger partial charge in [-0.1, -0.05) is 81.8 Å². The number of aryl methyl sites for hydroxylation is 16. The van der Waals surface area contributed by atoms with Gasteiger partial charge < -0.3 is 41.7 Å². The molecule has 0 unspecified atom stereocenters. The Bertz CT molecular complexity index is 4830. The Morgan fingerprint density at radius 3 is 1.18 bits per heavy atom. The summed E-state index contributed by atoms with van der Waals surface area (Å²) in [6.07, 6.45) is 9.39. The van der Waals surface area contributed by atoms with Crippen molar-refractivity contribution >= 4 is 91.5 Å². The van der Waals surface area contributed by atoms with Gasteiger partial charge in [-0.2, -0.15) is 0 Å². The second-order valence-corrected chi connectivity index (χ2v) is 25.9. The predicted molar refractivity (Wildman–Crippen MR) is 455 cm³/mol. The summed E-state index contributed by atoms with van der Waals surface area (Å²) in [5.74, 6) is 4.04. The van der Waals surface area contributed by atoms with E-state index >= 15 is 0 Å². The number of carboxylic acids is 1. The smallest absolute Gasteiger partial charge is 0.354 e. The van der Waals surface area contributed by atoms with Crippen molar-refractivity contribution in [1.29, 1.82) is 0 Å². The first-order valence-electron chi connectivity index (χ1n) is 32.7. The molecule has 0 fully saturated rings. The third-order valence-corrected chi connectivity index (χ3v) is 16.4. The summed E-state index contributed by atoms with van der Waals surface area (Å²) in [7, 11) is 9.39. The molecule has 12 heterocycles. The molecule has 12 aromatic heterocycles. The Morgan fingerprint density at radius 2 is 0.778 bits per heavy atom. The maximum absolute atomic E-state index is 12.4. The maximum Gasteiger partial charge on any atom is 0.354 e. The fraction of sp³-hybridized carbons (Fsp3) is 0.337. The number of fused-ring (bicyclic) bond motifs is 2. The fourth-order valence-corrected chi connectivity index (χ4v) is 11.0. The van der Waals surface area contributed by atoms with E-state index in [4.69, 9.17) is 38.1 Å². The number of imidazole rings is 2. The van der Waals surface area contributed by atoms with E-state index in [1.54, 1.807) is 70.4 Å². The zero-order valence-electron chi connectivity index (χ0n) is 61.8. The first kappa shape index (κ1) is 96.9. The number of Topliss-reactive ketones (excluding diaryl/α,β-unsaturated/α-hetero) is 1. The van der Waals surface area contributed by atoms with Gasteiger partial charge in [0.1, 0.15) is 51.3 Å². The van der Waals surface area contributed by atoms with Gasteiger partial charge in [-0.3, -0.25) is 9.59 Å². The number of thioether (sulfide) groups is 1. The van der Waals surface area contributed by atoms with Crippen LogP contribution < -0.4 is 27.4 Å². The van der Waals surface area contributed by atoms with E-state index in [1.807, 2.05) is 173 Å². The SMILES string of the molecule is C.C.C.C.C.C.CCSc1ccc(C)nc1-c1nc2cc(C)cnc2n1C.CNc1ncc(C)cc1CC(=O)c1nc(C)ccc1C.CNc1ncc(C)cc1N.CNc1ncc(C)cc1N.Cc1ccc(C)c(C(=O)Cl)n1.Cc1ccc(C)c(C(=O)O)n1.Cc1cnc2c(c1)nc(-c1nc(C)ccc1C)n2C. The quantitative estimate of drug-likeness (QED) is 0.0376. The van der Waals surface area contributed by atoms with E-state index in [1.165, 1.54) is 4.90 Å². The minimum Gasteiger partial charge on any atom is -0.477 e. The molecule has 0 aliphatic carbocycles. The molecular formula is C83H116ClN19O4S. The Labute approximate surface area is 650 Å². The van der Waals surface area contributed by atoms with Crippen molar-refractivity contribution in [3.8, 4) is 23.0 Å². The molecule has 0 bridgehead atoms. The van der Waals surface area contributed by atoms with Gasteiger partial charge in [0.25, 0.3) is 5.24 Å². The zero-order chi connectivity index (χ0) is 75.2. The van der Waals surface area contributed by atoms with Crippen LogP contribution in [0.4, 0.5) is 28.8 Å². The van der Waals surface area contributed by atoms with Crippen LogP contribution in [0.2, 0.25) is 0 Å². The van der Waals surface area contributed by atoms with Crippen molar-refractivity contribution in [3.63, 3.8) is 0 Å². The van der Waals surface area contributed by atoms with Gasteiger partial charge >= 0.3 is 5.97 Å². The summed E-state index contributed by atoms with van der Waals surface area (Å²) < 4.78 is 4.03. The minimum atomic E-state index is -0.966. The highest BCUT2D eigenvalue weighted by molar-refractivity contribution is 7.99. The van der Waals surface area contributed by atoms with Gasteiger partial charge in [0.15, 0.2) is 34.4 Å². The third-order valence-electron chi connectivity index (χ3n) is 15.3. The van der Waals surface area contributed by atoms with Crippen LogP contribution in [0.1, 0.15) is 167 Å². The number of aromatic nitrogens is 14. The van der Waals surface area contributed by atoms with Gasteiger partial charge in [0.05, 0.1) is 11.4 Å². The third kappa shape index (κ3) is 27.0. The summed E-state index contributed by atoms with van der Waals surface area (Å²) in [5.41, 5.74) is 33.4. The van der Waals surface area contributed by atoms with E-state index in [0.29, 0.717) is 34.7 Å². The van der Waals surface area contributed by atoms with Crippen LogP contribution >= 0.6 is 23.4 Å². The van der Waals surface area contributed by atoms with Gasteiger partial charge in [-0.25, -0.2) is 64.6 Å². The number of carboxylic acid groups (broad SMARTS) is 1. The normalized spacial score (nSPS) is 9.79. The van der Waals surface area contributed by atoms with Gasteiger partial charge in [0.2, 0.25) is 0 Å². The molecule has 8 N–H and O–H groups in total. The lowest BCUT2D eigenvalue weighted by Crippen LogP contribution is -2.11. The molecule has 0 spiro atoms. The number of carbonyl (C=O) groups excluding carboxylic acids is 2. The number of rotatable bonds is 12. The number of nitrogens with two attached hydrogens (primary N) is 2. The van der Waals surface area contributed by atoms with Crippen LogP contribution in [0, 0.1) is 96.9 Å². The molecule has 0 amide bonds. The number of anilines is 5. The molecule has 23 nitrogen and oxygen atoms in total. The predicted octanol–water partition coefficient (Wildman–Crippen LogP) is 18.9. The summed E-state index contributed by atoms with van der Waals surface area (Å²) in [4.78, 5) is 87.2. The van der Waals surface area contributed by atoms with Crippen molar-refractivity contribution in [1.82, 2.24) is 68.9 Å². The average Bonchev–Trinajstić information content (AvgIpc) is 1.64. The molecule has 0 radical (unpaired) electrons. The number of nitrogens with one attached hydrogen (secondary N) is 3. The number of aromatic carboxylic acids is 1. The van der Waals surface area contributed by atoms with Crippen molar-refractivity contribution < 1.29 is 19.5 Å². The largest absolute Gasteiger partial charge is 0.477 e. The highest BCUT2D eigenvalue weighted by Crippen LogP contribution is 2.32. The first-order valence-corrected chi connectivity index (χ1v) is 34.1. The molecule has 25 heteroatoms. The highest BCUT2D eigenvalue weighted by Gasteiger charge is 2.19. The molecule has 0 aromatic carbocycles. The van der Waals surface area contributed by atoms with Crippen LogP contribution in [0.25, 0.3) is 45.4 Å². The van der Waals surface area contributed by atoms with E-state index in [-0.39, 0.29) is 56.0 Å². The summed E-state index contributed by atoms with van der Waals surface area (Å²) in [6, 6.07) is 29.2. The number of ketones is 1. The van der Waals surface area contributed by atoms with Gasteiger partial charge in [-0.05, 0) is 225 Å². The highest BCUT2D eigenvalue weighted by atomic mass is 35.5. The molecule has 108 heavy (non-hydrogen) atoms. The van der Waals surface area contributed by atoms with Crippen LogP contribution in [0.3, 0.4) is 0 Å². The van der Waals surface area contributed by atoms with Crippen LogP contribution in [0.5, 0.6) is 0 Å². The second-order valence-electron chi connectivity index (χ2n) is 24.3. The molecule has 0 saturated heterocycles. The molecule has 0 atom stereocenters. The van der Waals surface area contributed by atoms with Crippen LogP contribution in [-0.2, 0) is 20.5 Å². The Morgan fingerprint density at radius 1 is 0.435 bits per heavy atom. The van der Waals surface area contributed by atoms with Gasteiger partial charge in [-0.15, -0.1) is 11.8 Å². The number of nitrogen functional groups attached to an aromatic ring is 2. The lowest BCUT2D eigenvalue weighted by Gasteiger charge is -2.09. The van der Waals surface area contributed by atoms with Crippen molar-refractivity contribution in [2.24, 2.45) is 14.1 Å². The minimum absolute atomic E-state index is 0. The monoisotopic (exact) mass is 1510 g/mol. The molecule has 12 rings (SSSR count). The summed E-state index contributed by atoms with van der Waals surface area (Å²) in [5, 5.41) is 16.9. The number of nitrogens with zero attached hydrogens (tertiary/aromatic N) is 14. The average molecular weight is 1510 g/mol. The van der Waals surface area contributed by atoms with Gasteiger partial charge in [0, 0.05) is 112 Å². The van der Waals surface area contributed by atoms with Crippen LogP contribution in [0.15, 0.2) is 127 Å². The number of hydrogen-bond acceptors (Lipinski definition) is 21. The molecule has 0 aliphatic heterocycles. The molecule has 0 aliphatic rings. The van der Waals surface area contributed by atoms with Crippen LogP contribution in [-0.4, -0.2) is 118 Å². The Kier molecular flexibility index (Phi) is 40.7. The second kappa shape index (κ2) is 45.4. The first-order chi connectivity index (χ1) is 48.4. The topological polar surface area (TPSA) is 324 Å². The number of carbonyl (C=O) groups is 3. The lowest BCUT2D eigenvalue weighted by molar-refractivity contribution is 0.0688. The zero-order valence-corrected chi connectivity index (χ0v) is 63.4. The lowest BCUT2D eigenvalue weighted by atomic mass is 10.0. The fourth-order valence-electron chi connectivity index (χ4n) is 10.0. The molecule has 580 valence electrons. The van der Waals surface area contributed by atoms with E-state index in [0.717, 1.165) is 147 Å². The van der Waals surface area contributed by atoms with E-state index in [2.05, 4.69) is 104 Å². The van der Waals surface area contributed by atoms with E-state index in [9.17, 15) is 14.4 Å². The Hall–Kier alpha value is -11.1. The van der Waals surface area contributed by atoms with Crippen molar-refractivity contribution in [2.45, 2.75) is 160 Å². The molecular weight excluding hydrogens is 1390 g/mol. The van der Waals surface area contributed by atoms with E-state index < -0.39 is 11.2 Å². The Balaban J connectivity index is 0.00000125. The molecule has 0 saturated carbocycles. The summed E-state index contributed by atoms with van der Waals surface area (Å²) >= 11 is 7.07.